The molecule has 2 heterocycles. The van der Waals surface area contributed by atoms with Gasteiger partial charge in [-0.15, -0.1) is 0 Å². The lowest BCUT2D eigenvalue weighted by Gasteiger charge is -2.31. The van der Waals surface area contributed by atoms with Gasteiger partial charge >= 0.3 is 0 Å². The number of H-pyrrole nitrogens is 1. The minimum Gasteiger partial charge on any atom is -0.352 e. The first-order chi connectivity index (χ1) is 13.1. The van der Waals surface area contributed by atoms with Crippen molar-refractivity contribution in [3.63, 3.8) is 0 Å². The van der Waals surface area contributed by atoms with Crippen LogP contribution in [0.25, 0.3) is 11.0 Å². The van der Waals surface area contributed by atoms with Crippen molar-refractivity contribution in [3.05, 3.63) is 58.6 Å². The molecule has 1 aliphatic rings. The average Bonchev–Trinajstić information content (AvgIpc) is 3.09. The average molecular weight is 383 g/mol. The molecule has 4 rings (SSSR count). The Bertz CT molecular complexity index is 968. The molecule has 1 atom stereocenters. The molecule has 6 heteroatoms. The van der Waals surface area contributed by atoms with Crippen LogP contribution in [0.15, 0.2) is 42.5 Å². The summed E-state index contributed by atoms with van der Waals surface area (Å²) in [5.41, 5.74) is 4.21. The smallest absolute Gasteiger partial charge is 0.225 e. The van der Waals surface area contributed by atoms with Gasteiger partial charge in [-0.05, 0) is 55.2 Å². The summed E-state index contributed by atoms with van der Waals surface area (Å²) in [5.74, 6) is 0.905. The first kappa shape index (κ1) is 17.9. The fourth-order valence-corrected chi connectivity index (χ4v) is 3.84. The Kier molecular flexibility index (Phi) is 5.03. The molecule has 0 aliphatic carbocycles. The van der Waals surface area contributed by atoms with Gasteiger partial charge in [0.05, 0.1) is 17.0 Å². The number of nitrogens with one attached hydrogen (secondary N) is 2. The summed E-state index contributed by atoms with van der Waals surface area (Å²) in [6, 6.07) is 13.8. The number of hydrogen-bond acceptors (Lipinski definition) is 3. The predicted molar refractivity (Wildman–Crippen MR) is 109 cm³/mol. The molecule has 0 saturated carbocycles. The topological polar surface area (TPSA) is 61.0 Å². The van der Waals surface area contributed by atoms with Crippen molar-refractivity contribution in [1.82, 2.24) is 15.3 Å². The van der Waals surface area contributed by atoms with Gasteiger partial charge in [0.2, 0.25) is 11.9 Å². The number of carbonyl (C=O) groups excluding carboxylic acids is 1. The molecule has 1 unspecified atom stereocenters. The van der Waals surface area contributed by atoms with Gasteiger partial charge in [0.1, 0.15) is 0 Å². The Labute approximate surface area is 163 Å². The second-order valence-corrected chi connectivity index (χ2v) is 7.65. The standard InChI is InChI=1S/C21H23ClN4O/c1-14-7-8-18-19(10-14)25-21(24-18)26-9-3-5-16(13-26)20(27)23-12-15-4-2-6-17(22)11-15/h2,4,6-8,10-11,16H,3,5,9,12-13H2,1H3,(H,23,27)(H,24,25). The first-order valence-corrected chi connectivity index (χ1v) is 9.70. The fraction of sp³-hybridized carbons (Fsp3) is 0.333. The van der Waals surface area contributed by atoms with Crippen molar-refractivity contribution in [2.45, 2.75) is 26.3 Å². The Morgan fingerprint density at radius 1 is 1.33 bits per heavy atom. The van der Waals surface area contributed by atoms with Gasteiger partial charge in [-0.25, -0.2) is 4.98 Å². The largest absolute Gasteiger partial charge is 0.352 e. The van der Waals surface area contributed by atoms with Crippen LogP contribution in [0.5, 0.6) is 0 Å². The number of hydrogen-bond donors (Lipinski definition) is 2. The van der Waals surface area contributed by atoms with Crippen LogP contribution in [-0.4, -0.2) is 29.0 Å². The number of nitrogens with zero attached hydrogens (tertiary/aromatic N) is 2. The van der Waals surface area contributed by atoms with Gasteiger partial charge < -0.3 is 15.2 Å². The van der Waals surface area contributed by atoms with Crippen LogP contribution in [0.1, 0.15) is 24.0 Å². The molecule has 2 N–H and O–H groups in total. The molecule has 1 aliphatic heterocycles. The maximum atomic E-state index is 12.6. The van der Waals surface area contributed by atoms with E-state index in [1.165, 1.54) is 5.56 Å². The SMILES string of the molecule is Cc1ccc2nc(N3CCCC(C(=O)NCc4cccc(Cl)c4)C3)[nH]c2c1. The molecule has 1 amide bonds. The van der Waals surface area contributed by atoms with E-state index in [0.29, 0.717) is 18.1 Å². The van der Waals surface area contributed by atoms with Gasteiger partial charge in [-0.2, -0.15) is 0 Å². The maximum Gasteiger partial charge on any atom is 0.225 e. The van der Waals surface area contributed by atoms with E-state index in [2.05, 4.69) is 34.3 Å². The number of aryl methyl sites for hydroxylation is 1. The Balaban J connectivity index is 1.41. The summed E-state index contributed by atoms with van der Waals surface area (Å²) in [5, 5.41) is 3.73. The number of piperidine rings is 1. The van der Waals surface area contributed by atoms with Crippen molar-refractivity contribution in [1.29, 1.82) is 0 Å². The molecule has 3 aromatic rings. The number of imidazole rings is 1. The number of amides is 1. The van der Waals surface area contributed by atoms with E-state index in [9.17, 15) is 4.79 Å². The van der Waals surface area contributed by atoms with Crippen LogP contribution in [0.4, 0.5) is 5.95 Å². The van der Waals surface area contributed by atoms with E-state index in [-0.39, 0.29) is 11.8 Å². The summed E-state index contributed by atoms with van der Waals surface area (Å²) in [6.45, 7) is 4.16. The Morgan fingerprint density at radius 2 is 2.22 bits per heavy atom. The van der Waals surface area contributed by atoms with E-state index >= 15 is 0 Å². The highest BCUT2D eigenvalue weighted by Gasteiger charge is 2.27. The number of aromatic nitrogens is 2. The first-order valence-electron chi connectivity index (χ1n) is 9.32. The van der Waals surface area contributed by atoms with Crippen molar-refractivity contribution in [3.8, 4) is 0 Å². The summed E-state index contributed by atoms with van der Waals surface area (Å²) >= 11 is 6.01. The zero-order valence-electron chi connectivity index (χ0n) is 15.3. The monoisotopic (exact) mass is 382 g/mol. The van der Waals surface area contributed by atoms with E-state index in [1.807, 2.05) is 30.3 Å². The lowest BCUT2D eigenvalue weighted by molar-refractivity contribution is -0.125. The highest BCUT2D eigenvalue weighted by Crippen LogP contribution is 2.24. The van der Waals surface area contributed by atoms with Gasteiger partial charge in [0, 0.05) is 24.7 Å². The lowest BCUT2D eigenvalue weighted by Crippen LogP contribution is -2.43. The summed E-state index contributed by atoms with van der Waals surface area (Å²) in [4.78, 5) is 22.9. The molecule has 0 bridgehead atoms. The molecule has 140 valence electrons. The third-order valence-electron chi connectivity index (χ3n) is 5.07. The highest BCUT2D eigenvalue weighted by molar-refractivity contribution is 6.30. The molecular weight excluding hydrogens is 360 g/mol. The van der Waals surface area contributed by atoms with E-state index in [0.717, 1.165) is 41.9 Å². The molecule has 0 spiro atoms. The van der Waals surface area contributed by atoms with Crippen molar-refractivity contribution < 1.29 is 4.79 Å². The van der Waals surface area contributed by atoms with Gasteiger partial charge in [-0.3, -0.25) is 4.79 Å². The summed E-state index contributed by atoms with van der Waals surface area (Å²) < 4.78 is 0. The van der Waals surface area contributed by atoms with E-state index in [4.69, 9.17) is 16.6 Å². The molecule has 1 fully saturated rings. The number of halogens is 1. The molecule has 0 radical (unpaired) electrons. The Morgan fingerprint density at radius 3 is 3.07 bits per heavy atom. The number of carbonyl (C=O) groups is 1. The predicted octanol–water partition coefficient (Wildman–Crippen LogP) is 4.06. The van der Waals surface area contributed by atoms with Crippen LogP contribution >= 0.6 is 11.6 Å². The summed E-state index contributed by atoms with van der Waals surface area (Å²) in [6.07, 6.45) is 1.88. The van der Waals surface area contributed by atoms with Gasteiger partial charge in [0.15, 0.2) is 0 Å². The minimum atomic E-state index is -0.0344. The van der Waals surface area contributed by atoms with Crippen molar-refractivity contribution in [2.24, 2.45) is 5.92 Å². The second-order valence-electron chi connectivity index (χ2n) is 7.21. The van der Waals surface area contributed by atoms with Crippen LogP contribution in [-0.2, 0) is 11.3 Å². The van der Waals surface area contributed by atoms with Gasteiger partial charge in [-0.1, -0.05) is 29.8 Å². The molecule has 1 aromatic heterocycles. The molecule has 2 aromatic carbocycles. The molecule has 5 nitrogen and oxygen atoms in total. The van der Waals surface area contributed by atoms with Crippen LogP contribution in [0.3, 0.4) is 0 Å². The number of benzene rings is 2. The van der Waals surface area contributed by atoms with Crippen LogP contribution in [0.2, 0.25) is 5.02 Å². The number of anilines is 1. The molecule has 27 heavy (non-hydrogen) atoms. The zero-order valence-corrected chi connectivity index (χ0v) is 16.1. The molecule has 1 saturated heterocycles. The normalized spacial score (nSPS) is 17.3. The third kappa shape index (κ3) is 4.08. The second kappa shape index (κ2) is 7.61. The lowest BCUT2D eigenvalue weighted by atomic mass is 9.97. The zero-order chi connectivity index (χ0) is 18.8. The van der Waals surface area contributed by atoms with Crippen molar-refractivity contribution >= 4 is 34.5 Å². The molecular formula is C21H23ClN4O. The number of rotatable bonds is 4. The van der Waals surface area contributed by atoms with Crippen LogP contribution < -0.4 is 10.2 Å². The minimum absolute atomic E-state index is 0.0344. The fourth-order valence-electron chi connectivity index (χ4n) is 3.62. The third-order valence-corrected chi connectivity index (χ3v) is 5.31. The Hall–Kier alpha value is -2.53. The maximum absolute atomic E-state index is 12.6. The number of fused-ring (bicyclic) bond motifs is 1. The van der Waals surface area contributed by atoms with Crippen LogP contribution in [0, 0.1) is 12.8 Å². The summed E-state index contributed by atoms with van der Waals surface area (Å²) in [7, 11) is 0. The number of aromatic amines is 1. The van der Waals surface area contributed by atoms with E-state index in [1.54, 1.807) is 0 Å². The highest BCUT2D eigenvalue weighted by atomic mass is 35.5. The van der Waals surface area contributed by atoms with Gasteiger partial charge in [0.25, 0.3) is 0 Å². The quantitative estimate of drug-likeness (QED) is 0.715. The van der Waals surface area contributed by atoms with Crippen molar-refractivity contribution in [2.75, 3.05) is 18.0 Å². The van der Waals surface area contributed by atoms with E-state index < -0.39 is 0 Å².